The van der Waals surface area contributed by atoms with E-state index in [9.17, 15) is 39.9 Å². The normalized spacial score (nSPS) is 32.9. The zero-order valence-electron chi connectivity index (χ0n) is 42.9. The minimum absolute atomic E-state index is 0.0457. The summed E-state index contributed by atoms with van der Waals surface area (Å²) in [4.78, 5) is 58.7. The van der Waals surface area contributed by atoms with E-state index in [4.69, 9.17) is 23.9 Å². The summed E-state index contributed by atoms with van der Waals surface area (Å²) in [5.41, 5.74) is -0.811. The van der Waals surface area contributed by atoms with Crippen molar-refractivity contribution in [1.82, 2.24) is 14.7 Å². The van der Waals surface area contributed by atoms with Crippen LogP contribution in [0.3, 0.4) is 0 Å². The molecule has 2 aromatic carbocycles. The molecule has 18 heteroatoms. The maximum absolute atomic E-state index is 14.9. The van der Waals surface area contributed by atoms with Crippen LogP contribution < -0.4 is 20.8 Å². The Balaban J connectivity index is 1.19. The highest BCUT2D eigenvalue weighted by Gasteiger charge is 2.51. The van der Waals surface area contributed by atoms with Gasteiger partial charge in [0, 0.05) is 119 Å². The number of allylic oxidation sites excluding steroid dienone is 2. The lowest BCUT2D eigenvalue weighted by molar-refractivity contribution is -0.114. The summed E-state index contributed by atoms with van der Waals surface area (Å²) in [7, 11) is 1.48. The SMILES string of the molecule is CO[C@H]1/C=C/O[C@@]2(C)Oc3c(C)c(O)c4c(O)c(c5c(c4c3C2=O)NC2(CCN(CC(C)C)CC2)N=5)=NC(=O)/C(C)=C\C=C\[C@H](C)[C@H](O)[C@@H](C)[C@@H](O)[C@@H](C)[C@H](OC(=O)N2CCN(CC3(O)CC3)CC2)[C@@H]1C. The summed E-state index contributed by atoms with van der Waals surface area (Å²) in [6.07, 6.45) is 5.84. The first-order valence-corrected chi connectivity index (χ1v) is 25.3. The summed E-state index contributed by atoms with van der Waals surface area (Å²) in [6, 6.07) is 0. The van der Waals surface area contributed by atoms with E-state index in [1.54, 1.807) is 63.8 Å². The molecule has 0 aromatic heterocycles. The average molecular weight is 987 g/mol. The molecule has 2 saturated heterocycles. The van der Waals surface area contributed by atoms with E-state index < -0.39 is 88.7 Å². The van der Waals surface area contributed by atoms with Gasteiger partial charge in [-0.1, -0.05) is 59.8 Å². The molecule has 6 N–H and O–H groups in total. The van der Waals surface area contributed by atoms with Crippen LogP contribution in [0.1, 0.15) is 97.0 Å². The minimum atomic E-state index is -1.99. The number of nitrogens with zero attached hydrogens (tertiary/aromatic N) is 5. The number of phenolic OH excluding ortho intramolecular Hbond substituents is 2. The van der Waals surface area contributed by atoms with E-state index >= 15 is 0 Å². The second-order valence-electron chi connectivity index (χ2n) is 21.7. The summed E-state index contributed by atoms with van der Waals surface area (Å²) in [5, 5.41) is 62.0. The third-order valence-corrected chi connectivity index (χ3v) is 15.8. The predicted octanol–water partition coefficient (Wildman–Crippen LogP) is 4.47. The van der Waals surface area contributed by atoms with Crippen LogP contribution in [0.2, 0.25) is 0 Å². The fourth-order valence-electron chi connectivity index (χ4n) is 11.0. The number of anilines is 1. The van der Waals surface area contributed by atoms with E-state index in [1.807, 2.05) is 6.92 Å². The van der Waals surface area contributed by atoms with Crippen molar-refractivity contribution in [2.75, 3.05) is 64.8 Å². The molecule has 0 unspecified atom stereocenters. The number of hydrogen-bond acceptors (Lipinski definition) is 16. The van der Waals surface area contributed by atoms with Gasteiger partial charge in [0.2, 0.25) is 0 Å². The van der Waals surface area contributed by atoms with Gasteiger partial charge in [-0.2, -0.15) is 0 Å². The van der Waals surface area contributed by atoms with Crippen molar-refractivity contribution < 1.29 is 58.9 Å². The number of fused-ring (bicyclic) bond motifs is 13. The van der Waals surface area contributed by atoms with Crippen molar-refractivity contribution in [3.8, 4) is 17.2 Å². The number of ketones is 1. The maximum atomic E-state index is 14.9. The molecule has 0 radical (unpaired) electrons. The van der Waals surface area contributed by atoms with Crippen LogP contribution in [0, 0.1) is 36.5 Å². The maximum Gasteiger partial charge on any atom is 0.410 e. The van der Waals surface area contributed by atoms with Crippen LogP contribution in [0.5, 0.6) is 17.2 Å². The summed E-state index contributed by atoms with van der Waals surface area (Å²) in [6.45, 7) is 20.8. The monoisotopic (exact) mass is 987 g/mol. The average Bonchev–Trinajstić information content (AvgIpc) is 3.85. The minimum Gasteiger partial charge on any atom is -0.507 e. The molecule has 9 rings (SSSR count). The molecule has 9 atom stereocenters. The van der Waals surface area contributed by atoms with E-state index in [0.29, 0.717) is 70.3 Å². The lowest BCUT2D eigenvalue weighted by atomic mass is 9.78. The summed E-state index contributed by atoms with van der Waals surface area (Å²) >= 11 is 0. The number of benzene rings is 2. The second-order valence-corrected chi connectivity index (χ2v) is 21.7. The third kappa shape index (κ3) is 10.2. The van der Waals surface area contributed by atoms with Gasteiger partial charge in [-0.05, 0) is 38.7 Å². The zero-order chi connectivity index (χ0) is 51.5. The number of rotatable bonds is 6. The summed E-state index contributed by atoms with van der Waals surface area (Å²) < 4.78 is 24.9. The van der Waals surface area contributed by atoms with Crippen molar-refractivity contribution in [2.45, 2.75) is 129 Å². The molecule has 3 fully saturated rings. The van der Waals surface area contributed by atoms with E-state index in [0.717, 1.165) is 19.4 Å². The van der Waals surface area contributed by atoms with E-state index in [1.165, 1.54) is 20.3 Å². The van der Waals surface area contributed by atoms with Gasteiger partial charge in [0.05, 0.1) is 46.8 Å². The van der Waals surface area contributed by atoms with Crippen molar-refractivity contribution in [2.24, 2.45) is 39.6 Å². The van der Waals surface area contributed by atoms with Gasteiger partial charge in [-0.3, -0.25) is 19.5 Å². The smallest absolute Gasteiger partial charge is 0.410 e. The Morgan fingerprint density at radius 1 is 0.887 bits per heavy atom. The Hall–Kier alpha value is -5.11. The molecule has 5 bridgehead atoms. The highest BCUT2D eigenvalue weighted by atomic mass is 16.7. The van der Waals surface area contributed by atoms with Crippen LogP contribution in [0.25, 0.3) is 10.8 Å². The number of phenols is 2. The quantitative estimate of drug-likeness (QED) is 0.219. The number of likely N-dealkylation sites (tertiary alicyclic amines) is 1. The Morgan fingerprint density at radius 2 is 1.56 bits per heavy atom. The topological polar surface area (TPSA) is 236 Å². The Bertz CT molecular complexity index is 2630. The second kappa shape index (κ2) is 20.1. The molecule has 2 amide bonds. The van der Waals surface area contributed by atoms with E-state index in [-0.39, 0.29) is 49.7 Å². The van der Waals surface area contributed by atoms with Crippen LogP contribution in [0.15, 0.2) is 46.1 Å². The standard InChI is InChI=1S/C53H74N6O12/c1-28(2)26-57-19-17-53(18-20-57)55-39-36-37-44(62)34(8)47-38(36)48(64)51(9,71-47)69-25-14-35(68-10)31(5)46(70-50(66)59-23-21-58(22-24-59)27-52(67)15-16-52)33(7)43(61)32(6)42(60)29(3)12-11-13-30(4)49(65)54-41(45(37)63)40(39)56-53/h11-14,25,28-29,31-33,35,42-43,46,55,60-63,67H,15-24,26-27H2,1-10H3/b12-11+,25-14+,30-13-,54-41?/t29-,31+,32+,33+,35-,42-,43+,46+,51-/m0/s1. The number of nitrogens with one attached hydrogen (secondary N) is 1. The van der Waals surface area contributed by atoms with Crippen LogP contribution in [0.4, 0.5) is 10.5 Å². The van der Waals surface area contributed by atoms with Crippen LogP contribution in [-0.2, 0) is 19.0 Å². The van der Waals surface area contributed by atoms with Crippen LogP contribution >= 0.6 is 0 Å². The van der Waals surface area contributed by atoms with Crippen molar-refractivity contribution in [3.63, 3.8) is 0 Å². The fraction of sp³-hybridized carbons (Fsp3) is 0.642. The number of piperazine rings is 1. The lowest BCUT2D eigenvalue weighted by Gasteiger charge is -2.40. The summed E-state index contributed by atoms with van der Waals surface area (Å²) in [5.74, 6) is -6.30. The molecule has 7 aliphatic rings. The van der Waals surface area contributed by atoms with E-state index in [2.05, 4.69) is 34.0 Å². The third-order valence-electron chi connectivity index (χ3n) is 15.8. The number of carbonyl (C=O) groups is 3. The molecule has 18 nitrogen and oxygen atoms in total. The van der Waals surface area contributed by atoms with Gasteiger partial charge in [0.1, 0.15) is 34.0 Å². The Kier molecular flexibility index (Phi) is 14.8. The van der Waals surface area contributed by atoms with Crippen molar-refractivity contribution in [3.05, 3.63) is 58.0 Å². The number of carbonyl (C=O) groups excluding carboxylic acids is 3. The number of β-amino-alcohol motifs (C(OH)–C–C–N with tert-alkyl or cyclic N) is 1. The number of piperidine rings is 1. The highest BCUT2D eigenvalue weighted by Crippen LogP contribution is 2.51. The number of aliphatic hydroxyl groups is 3. The molecule has 1 spiro atoms. The van der Waals surface area contributed by atoms with Gasteiger partial charge >= 0.3 is 11.9 Å². The molecule has 1 aliphatic carbocycles. The fourth-order valence-corrected chi connectivity index (χ4v) is 11.0. The molecular formula is C53H74N6O12. The number of hydrogen-bond donors (Lipinski definition) is 6. The Labute approximate surface area is 415 Å². The number of methoxy groups -OCH3 is 1. The number of ether oxygens (including phenoxy) is 4. The number of aliphatic hydroxyl groups excluding tert-OH is 2. The first-order valence-electron chi connectivity index (χ1n) is 25.3. The van der Waals surface area contributed by atoms with Gasteiger partial charge < -0.3 is 59.6 Å². The lowest BCUT2D eigenvalue weighted by Crippen LogP contribution is -2.53. The van der Waals surface area contributed by atoms with Gasteiger partial charge in [-0.25, -0.2) is 9.79 Å². The molecular weight excluding hydrogens is 913 g/mol. The highest BCUT2D eigenvalue weighted by molar-refractivity contribution is 6.21. The molecule has 6 aliphatic heterocycles. The largest absolute Gasteiger partial charge is 0.507 e. The zero-order valence-corrected chi connectivity index (χ0v) is 42.9. The first kappa shape index (κ1) is 52.2. The first-order chi connectivity index (χ1) is 33.5. The number of Topliss-reactive ketones (excluding diaryl/α,β-unsaturated/α-hetero) is 1. The Morgan fingerprint density at radius 3 is 2.20 bits per heavy atom. The molecule has 2 aromatic rings. The van der Waals surface area contributed by atoms with Gasteiger partial charge in [0.25, 0.3) is 11.7 Å². The number of amides is 2. The predicted molar refractivity (Wildman–Crippen MR) is 265 cm³/mol. The van der Waals surface area contributed by atoms with Crippen molar-refractivity contribution >= 4 is 34.2 Å². The van der Waals surface area contributed by atoms with Gasteiger partial charge in [-0.15, -0.1) is 0 Å². The van der Waals surface area contributed by atoms with Crippen molar-refractivity contribution in [1.29, 1.82) is 0 Å². The molecule has 1 saturated carbocycles. The molecule has 71 heavy (non-hydrogen) atoms. The molecule has 388 valence electrons. The van der Waals surface area contributed by atoms with Gasteiger partial charge in [0.15, 0.2) is 5.75 Å². The molecule has 6 heterocycles. The van der Waals surface area contributed by atoms with Crippen LogP contribution in [-0.4, -0.2) is 159 Å². The number of aromatic hydroxyl groups is 2.